The summed E-state index contributed by atoms with van der Waals surface area (Å²) in [5.74, 6) is -0.124. The average Bonchev–Trinajstić information content (AvgIpc) is 3.27. The van der Waals surface area contributed by atoms with E-state index in [2.05, 4.69) is 72.7 Å². The van der Waals surface area contributed by atoms with Crippen LogP contribution in [0.1, 0.15) is 25.7 Å². The lowest BCUT2D eigenvalue weighted by molar-refractivity contribution is 0.151. The number of rotatable bonds is 17. The molecule has 0 bridgehead atoms. The number of aromatic hydroxyl groups is 1. The zero-order valence-corrected chi connectivity index (χ0v) is 38.0. The number of piperazine rings is 4. The minimum atomic E-state index is -0.360. The third-order valence-corrected chi connectivity index (χ3v) is 14.3. The summed E-state index contributed by atoms with van der Waals surface area (Å²) in [6.07, 6.45) is 3.05. The summed E-state index contributed by atoms with van der Waals surface area (Å²) < 4.78 is 2.92. The van der Waals surface area contributed by atoms with Crippen LogP contribution in [-0.4, -0.2) is 226 Å². The molecular formula is C46H72N12O4. The van der Waals surface area contributed by atoms with Crippen molar-refractivity contribution in [1.29, 1.82) is 0 Å². The van der Waals surface area contributed by atoms with E-state index in [0.29, 0.717) is 82.7 Å². The first kappa shape index (κ1) is 44.9. The number of likely N-dealkylation sites (N-methyl/N-ethyl adjacent to an activating group) is 4. The van der Waals surface area contributed by atoms with Gasteiger partial charge >= 0.3 is 0 Å². The fraction of sp³-hybridized carbons (Fsp3) is 0.696. The topological polar surface area (TPSA) is 132 Å². The SMILES string of the molecule is CN1CCN(CCCN=c2cc3c(=O)n(CCCN4CCN(C)CC4)c(=O)c4c(NCCCN5CCN(C)CC5)cc5c(O)n(CCCN6CCN(C)CC6)c(=O)c2c5c4-3)CC1. The van der Waals surface area contributed by atoms with E-state index < -0.39 is 0 Å². The van der Waals surface area contributed by atoms with Crippen molar-refractivity contribution >= 4 is 27.2 Å². The summed E-state index contributed by atoms with van der Waals surface area (Å²) >= 11 is 0. The Labute approximate surface area is 366 Å². The molecule has 0 saturated carbocycles. The molecule has 2 aromatic rings. The van der Waals surface area contributed by atoms with Gasteiger partial charge in [0.05, 0.1) is 21.7 Å². The lowest BCUT2D eigenvalue weighted by Crippen LogP contribution is -2.45. The van der Waals surface area contributed by atoms with Gasteiger partial charge in [0.25, 0.3) is 16.7 Å². The van der Waals surface area contributed by atoms with Crippen molar-refractivity contribution < 1.29 is 5.11 Å². The highest BCUT2D eigenvalue weighted by molar-refractivity contribution is 6.18. The largest absolute Gasteiger partial charge is 0.494 e. The van der Waals surface area contributed by atoms with Gasteiger partial charge in [-0.2, -0.15) is 0 Å². The molecule has 340 valence electrons. The Balaban J connectivity index is 1.19. The van der Waals surface area contributed by atoms with E-state index in [0.717, 1.165) is 144 Å². The maximum atomic E-state index is 14.8. The summed E-state index contributed by atoms with van der Waals surface area (Å²) in [6, 6.07) is 3.65. The molecule has 1 aromatic heterocycles. The lowest BCUT2D eigenvalue weighted by atomic mass is 9.89. The van der Waals surface area contributed by atoms with Crippen molar-refractivity contribution in [1.82, 2.24) is 48.3 Å². The van der Waals surface area contributed by atoms with Crippen LogP contribution in [0.4, 0.5) is 5.69 Å². The first-order valence-corrected chi connectivity index (χ1v) is 23.5. The van der Waals surface area contributed by atoms with Gasteiger partial charge in [0.15, 0.2) is 0 Å². The molecule has 4 fully saturated rings. The molecule has 4 saturated heterocycles. The number of hydrogen-bond donors (Lipinski definition) is 2. The molecule has 16 nitrogen and oxygen atoms in total. The zero-order chi connectivity index (χ0) is 43.3. The Hall–Kier alpha value is -3.74. The normalized spacial score (nSPS) is 20.8. The molecule has 62 heavy (non-hydrogen) atoms. The molecule has 6 aliphatic rings. The Bertz CT molecular complexity index is 2300. The maximum Gasteiger partial charge on any atom is 0.263 e. The van der Waals surface area contributed by atoms with E-state index in [9.17, 15) is 19.5 Å². The second kappa shape index (κ2) is 20.4. The van der Waals surface area contributed by atoms with Gasteiger partial charge in [0.2, 0.25) is 5.88 Å². The quantitative estimate of drug-likeness (QED) is 0.111. The third kappa shape index (κ3) is 10.1. The molecule has 0 radical (unpaired) electrons. The Morgan fingerprint density at radius 3 is 1.48 bits per heavy atom. The number of anilines is 1. The molecule has 2 N–H and O–H groups in total. The number of pyridine rings is 2. The second-order valence-electron chi connectivity index (χ2n) is 18.8. The van der Waals surface area contributed by atoms with Crippen LogP contribution in [0.2, 0.25) is 0 Å². The van der Waals surface area contributed by atoms with Crippen LogP contribution < -0.4 is 27.4 Å². The lowest BCUT2D eigenvalue weighted by Gasteiger charge is -2.32. The Kier molecular flexibility index (Phi) is 14.8. The monoisotopic (exact) mass is 857 g/mol. The Morgan fingerprint density at radius 2 is 0.968 bits per heavy atom. The predicted octanol–water partition coefficient (Wildman–Crippen LogP) is 0.225. The van der Waals surface area contributed by atoms with Crippen LogP contribution >= 0.6 is 0 Å². The summed E-state index contributed by atoms with van der Waals surface area (Å²) in [7, 11) is 8.60. The van der Waals surface area contributed by atoms with Crippen LogP contribution in [-0.2, 0) is 13.1 Å². The van der Waals surface area contributed by atoms with E-state index in [1.165, 1.54) is 9.13 Å². The van der Waals surface area contributed by atoms with Crippen molar-refractivity contribution in [2.24, 2.45) is 4.99 Å². The molecule has 1 aliphatic carbocycles. The van der Waals surface area contributed by atoms with Crippen LogP contribution in [0.3, 0.4) is 0 Å². The molecule has 1 aromatic carbocycles. The van der Waals surface area contributed by atoms with Gasteiger partial charge in [-0.05, 0) is 92.2 Å². The zero-order valence-electron chi connectivity index (χ0n) is 38.0. The van der Waals surface area contributed by atoms with Gasteiger partial charge in [0, 0.05) is 153 Å². The maximum absolute atomic E-state index is 14.8. The first-order chi connectivity index (χ1) is 30.0. The average molecular weight is 857 g/mol. The van der Waals surface area contributed by atoms with Crippen LogP contribution in [0, 0.1) is 0 Å². The molecule has 16 heteroatoms. The first-order valence-electron chi connectivity index (χ1n) is 23.5. The van der Waals surface area contributed by atoms with Crippen molar-refractivity contribution in [3.63, 3.8) is 0 Å². The number of nitrogens with one attached hydrogen (secondary N) is 1. The molecule has 0 amide bonds. The smallest absolute Gasteiger partial charge is 0.263 e. The number of benzene rings is 2. The number of aromatic nitrogens is 2. The van der Waals surface area contributed by atoms with E-state index in [4.69, 9.17) is 4.99 Å². The molecule has 6 heterocycles. The summed E-state index contributed by atoms with van der Waals surface area (Å²) in [4.78, 5) is 68.6. The van der Waals surface area contributed by atoms with Gasteiger partial charge in [-0.25, -0.2) is 0 Å². The highest BCUT2D eigenvalue weighted by atomic mass is 16.3. The van der Waals surface area contributed by atoms with Crippen molar-refractivity contribution in [3.05, 3.63) is 48.6 Å². The van der Waals surface area contributed by atoms with Crippen LogP contribution in [0.5, 0.6) is 5.88 Å². The number of hydrogen-bond acceptors (Lipinski definition) is 14. The fourth-order valence-electron chi connectivity index (χ4n) is 10.0. The highest BCUT2D eigenvalue weighted by Crippen LogP contribution is 2.40. The predicted molar refractivity (Wildman–Crippen MR) is 250 cm³/mol. The van der Waals surface area contributed by atoms with Gasteiger partial charge in [0.1, 0.15) is 0 Å². The van der Waals surface area contributed by atoms with Crippen molar-refractivity contribution in [2.45, 2.75) is 38.8 Å². The molecule has 5 aliphatic heterocycles. The van der Waals surface area contributed by atoms with Crippen LogP contribution in [0.25, 0.3) is 32.7 Å². The van der Waals surface area contributed by atoms with Gasteiger partial charge < -0.3 is 49.6 Å². The van der Waals surface area contributed by atoms with Crippen LogP contribution in [0.15, 0.2) is 31.5 Å². The van der Waals surface area contributed by atoms with Gasteiger partial charge in [-0.3, -0.25) is 28.5 Å². The molecule has 0 unspecified atom stereocenters. The van der Waals surface area contributed by atoms with E-state index in [1.54, 1.807) is 6.07 Å². The van der Waals surface area contributed by atoms with E-state index in [-0.39, 0.29) is 22.6 Å². The molecule has 0 atom stereocenters. The van der Waals surface area contributed by atoms with Crippen molar-refractivity contribution in [2.75, 3.05) is 177 Å². The summed E-state index contributed by atoms with van der Waals surface area (Å²) in [5, 5.41) is 18.0. The minimum absolute atomic E-state index is 0.124. The van der Waals surface area contributed by atoms with Crippen molar-refractivity contribution in [3.8, 4) is 17.0 Å². The Morgan fingerprint density at radius 1 is 0.516 bits per heavy atom. The van der Waals surface area contributed by atoms with E-state index >= 15 is 0 Å². The number of nitrogens with zero attached hydrogens (tertiary/aromatic N) is 11. The highest BCUT2D eigenvalue weighted by Gasteiger charge is 2.29. The molecule has 8 rings (SSSR count). The van der Waals surface area contributed by atoms with E-state index in [1.807, 2.05) is 6.07 Å². The summed E-state index contributed by atoms with van der Waals surface area (Å²) in [6.45, 7) is 21.4. The molecular weight excluding hydrogens is 785 g/mol. The fourth-order valence-corrected chi connectivity index (χ4v) is 10.0. The minimum Gasteiger partial charge on any atom is -0.494 e. The molecule has 0 spiro atoms. The second-order valence-corrected chi connectivity index (χ2v) is 18.8. The standard InChI is InChI=1S/C46H72N12O4/c1-49-17-25-53(26-18-49)11-5-9-47-37-33-35-40-39-36(44(60)57(45(61)41(37)39)15-7-13-55-29-21-51(3)22-30-55)34-38(48-10-6-12-54-27-19-50(2)20-28-54)42(40)46(62)58(43(35)59)16-8-14-56-31-23-52(4)24-32-56/h33-34,47,59H,5-32H2,1-4H3. The summed E-state index contributed by atoms with van der Waals surface area (Å²) in [5.41, 5.74) is 0.389. The van der Waals surface area contributed by atoms with Gasteiger partial charge in [-0.15, -0.1) is 0 Å². The van der Waals surface area contributed by atoms with Gasteiger partial charge in [-0.1, -0.05) is 0 Å². The third-order valence-electron chi connectivity index (χ3n) is 14.3.